The van der Waals surface area contributed by atoms with Gasteiger partial charge in [-0.05, 0) is 43.1 Å². The van der Waals surface area contributed by atoms with Gasteiger partial charge in [-0.15, -0.1) is 0 Å². The predicted molar refractivity (Wildman–Crippen MR) is 80.3 cm³/mol. The molecule has 0 saturated carbocycles. The Morgan fingerprint density at radius 2 is 2.11 bits per heavy atom. The average molecular weight is 278 g/mol. The van der Waals surface area contributed by atoms with Crippen LogP contribution in [0.15, 0.2) is 30.6 Å². The third-order valence-electron chi connectivity index (χ3n) is 3.08. The molecule has 3 nitrogen and oxygen atoms in total. The molecule has 2 aromatic rings. The number of rotatable bonds is 6. The SMILES string of the molecule is CCCNCc1cc(-c2cnn(CC)c2)ccc1Cl. The molecule has 4 heteroatoms. The van der Waals surface area contributed by atoms with Crippen LogP contribution in [0, 0.1) is 0 Å². The molecular weight excluding hydrogens is 258 g/mol. The van der Waals surface area contributed by atoms with Crippen LogP contribution in [0.4, 0.5) is 0 Å². The van der Waals surface area contributed by atoms with Crippen molar-refractivity contribution in [3.8, 4) is 11.1 Å². The highest BCUT2D eigenvalue weighted by atomic mass is 35.5. The molecule has 2 rings (SSSR count). The lowest BCUT2D eigenvalue weighted by molar-refractivity contribution is 0.660. The second kappa shape index (κ2) is 6.73. The first-order valence-corrected chi connectivity index (χ1v) is 7.14. The van der Waals surface area contributed by atoms with Gasteiger partial charge in [0.25, 0.3) is 0 Å². The number of aryl methyl sites for hydroxylation is 1. The molecule has 19 heavy (non-hydrogen) atoms. The summed E-state index contributed by atoms with van der Waals surface area (Å²) in [5.74, 6) is 0. The molecule has 0 fully saturated rings. The van der Waals surface area contributed by atoms with Gasteiger partial charge in [-0.3, -0.25) is 4.68 Å². The Hall–Kier alpha value is -1.32. The van der Waals surface area contributed by atoms with Crippen LogP contribution in [0.3, 0.4) is 0 Å². The summed E-state index contributed by atoms with van der Waals surface area (Å²) in [6.45, 7) is 6.94. The van der Waals surface area contributed by atoms with Crippen LogP contribution in [0.5, 0.6) is 0 Å². The summed E-state index contributed by atoms with van der Waals surface area (Å²) in [7, 11) is 0. The Balaban J connectivity index is 2.19. The van der Waals surface area contributed by atoms with E-state index in [0.29, 0.717) is 0 Å². The van der Waals surface area contributed by atoms with Crippen molar-refractivity contribution in [3.63, 3.8) is 0 Å². The Labute approximate surface area is 119 Å². The zero-order valence-corrected chi connectivity index (χ0v) is 12.2. The summed E-state index contributed by atoms with van der Waals surface area (Å²) >= 11 is 6.23. The maximum absolute atomic E-state index is 6.23. The van der Waals surface area contributed by atoms with Gasteiger partial charge in [0.15, 0.2) is 0 Å². The Kier molecular flexibility index (Phi) is 5.00. The molecule has 1 heterocycles. The average Bonchev–Trinajstić information content (AvgIpc) is 2.90. The van der Waals surface area contributed by atoms with Crippen molar-refractivity contribution < 1.29 is 0 Å². The van der Waals surface area contributed by atoms with E-state index < -0.39 is 0 Å². The molecule has 1 aromatic heterocycles. The molecule has 0 spiro atoms. The Bertz CT molecular complexity index is 534. The number of nitrogens with zero attached hydrogens (tertiary/aromatic N) is 2. The maximum Gasteiger partial charge on any atom is 0.0568 e. The van der Waals surface area contributed by atoms with Crippen LogP contribution in [0.2, 0.25) is 5.02 Å². The number of aromatic nitrogens is 2. The van der Waals surface area contributed by atoms with E-state index in [2.05, 4.69) is 36.5 Å². The topological polar surface area (TPSA) is 29.9 Å². The number of halogens is 1. The summed E-state index contributed by atoms with van der Waals surface area (Å²) < 4.78 is 1.93. The fraction of sp³-hybridized carbons (Fsp3) is 0.400. The van der Waals surface area contributed by atoms with Crippen LogP contribution in [-0.4, -0.2) is 16.3 Å². The van der Waals surface area contributed by atoms with Crippen molar-refractivity contribution in [3.05, 3.63) is 41.2 Å². The third-order valence-corrected chi connectivity index (χ3v) is 3.45. The van der Waals surface area contributed by atoms with Crippen LogP contribution in [0.25, 0.3) is 11.1 Å². The van der Waals surface area contributed by atoms with E-state index in [4.69, 9.17) is 11.6 Å². The van der Waals surface area contributed by atoms with Gasteiger partial charge in [0, 0.05) is 29.9 Å². The molecule has 0 radical (unpaired) electrons. The molecule has 0 unspecified atom stereocenters. The quantitative estimate of drug-likeness (QED) is 0.816. The zero-order chi connectivity index (χ0) is 13.7. The number of hydrogen-bond acceptors (Lipinski definition) is 2. The normalized spacial score (nSPS) is 10.9. The van der Waals surface area contributed by atoms with Gasteiger partial charge in [-0.2, -0.15) is 5.10 Å². The second-order valence-corrected chi connectivity index (χ2v) is 4.97. The van der Waals surface area contributed by atoms with E-state index in [1.54, 1.807) is 0 Å². The summed E-state index contributed by atoms with van der Waals surface area (Å²) in [4.78, 5) is 0. The first-order valence-electron chi connectivity index (χ1n) is 6.76. The van der Waals surface area contributed by atoms with Crippen molar-refractivity contribution in [1.29, 1.82) is 0 Å². The first kappa shape index (κ1) is 14.1. The Morgan fingerprint density at radius 3 is 2.79 bits per heavy atom. The van der Waals surface area contributed by atoms with Crippen molar-refractivity contribution >= 4 is 11.6 Å². The van der Waals surface area contributed by atoms with E-state index in [1.165, 1.54) is 0 Å². The minimum atomic E-state index is 0.808. The second-order valence-electron chi connectivity index (χ2n) is 4.57. The monoisotopic (exact) mass is 277 g/mol. The van der Waals surface area contributed by atoms with Crippen molar-refractivity contribution in [2.75, 3.05) is 6.54 Å². The molecule has 0 aliphatic heterocycles. The van der Waals surface area contributed by atoms with Gasteiger partial charge in [0.05, 0.1) is 6.20 Å². The fourth-order valence-corrected chi connectivity index (χ4v) is 2.16. The maximum atomic E-state index is 6.23. The lowest BCUT2D eigenvalue weighted by Crippen LogP contribution is -2.14. The lowest BCUT2D eigenvalue weighted by atomic mass is 10.1. The zero-order valence-electron chi connectivity index (χ0n) is 11.5. The number of nitrogens with one attached hydrogen (secondary N) is 1. The summed E-state index contributed by atoms with van der Waals surface area (Å²) in [6, 6.07) is 6.15. The van der Waals surface area contributed by atoms with E-state index >= 15 is 0 Å². The number of benzene rings is 1. The largest absolute Gasteiger partial charge is 0.313 e. The van der Waals surface area contributed by atoms with E-state index in [-0.39, 0.29) is 0 Å². The lowest BCUT2D eigenvalue weighted by Gasteiger charge is -2.08. The molecular formula is C15H20ClN3. The van der Waals surface area contributed by atoms with Crippen LogP contribution in [-0.2, 0) is 13.1 Å². The molecule has 0 aliphatic carbocycles. The molecule has 0 saturated heterocycles. The van der Waals surface area contributed by atoms with E-state index in [9.17, 15) is 0 Å². The van der Waals surface area contributed by atoms with Gasteiger partial charge in [-0.25, -0.2) is 0 Å². The van der Waals surface area contributed by atoms with Crippen molar-refractivity contribution in [2.45, 2.75) is 33.4 Å². The van der Waals surface area contributed by atoms with Gasteiger partial charge in [-0.1, -0.05) is 24.6 Å². The molecule has 102 valence electrons. The molecule has 0 bridgehead atoms. The molecule has 0 aliphatic rings. The minimum absolute atomic E-state index is 0.808. The van der Waals surface area contributed by atoms with Crippen molar-refractivity contribution in [2.24, 2.45) is 0 Å². The van der Waals surface area contributed by atoms with Gasteiger partial charge in [0.1, 0.15) is 0 Å². The summed E-state index contributed by atoms with van der Waals surface area (Å²) in [6.07, 6.45) is 5.09. The van der Waals surface area contributed by atoms with Crippen LogP contribution in [0.1, 0.15) is 25.8 Å². The molecule has 0 atom stereocenters. The van der Waals surface area contributed by atoms with Gasteiger partial charge in [0.2, 0.25) is 0 Å². The summed E-state index contributed by atoms with van der Waals surface area (Å²) in [5.41, 5.74) is 3.43. The fourth-order valence-electron chi connectivity index (χ4n) is 1.98. The molecule has 1 aromatic carbocycles. The minimum Gasteiger partial charge on any atom is -0.313 e. The summed E-state index contributed by atoms with van der Waals surface area (Å²) in [5, 5.41) is 8.50. The van der Waals surface area contributed by atoms with Crippen molar-refractivity contribution in [1.82, 2.24) is 15.1 Å². The molecule has 0 amide bonds. The molecule has 1 N–H and O–H groups in total. The van der Waals surface area contributed by atoms with Gasteiger partial charge >= 0.3 is 0 Å². The van der Waals surface area contributed by atoms with E-state index in [0.717, 1.165) is 47.8 Å². The highest BCUT2D eigenvalue weighted by Gasteiger charge is 2.05. The van der Waals surface area contributed by atoms with Crippen LogP contribution >= 0.6 is 11.6 Å². The highest BCUT2D eigenvalue weighted by molar-refractivity contribution is 6.31. The third kappa shape index (κ3) is 3.58. The van der Waals surface area contributed by atoms with Crippen LogP contribution < -0.4 is 5.32 Å². The predicted octanol–water partition coefficient (Wildman–Crippen LogP) is 3.72. The smallest absolute Gasteiger partial charge is 0.0568 e. The highest BCUT2D eigenvalue weighted by Crippen LogP contribution is 2.25. The first-order chi connectivity index (χ1) is 9.24. The van der Waals surface area contributed by atoms with E-state index in [1.807, 2.05) is 23.0 Å². The standard InChI is InChI=1S/C15H20ClN3/c1-3-7-17-9-13-8-12(5-6-15(13)16)14-10-18-19(4-2)11-14/h5-6,8,10-11,17H,3-4,7,9H2,1-2H3. The Morgan fingerprint density at radius 1 is 1.26 bits per heavy atom. The van der Waals surface area contributed by atoms with Gasteiger partial charge < -0.3 is 5.32 Å². The number of hydrogen-bond donors (Lipinski definition) is 1.